The minimum Gasteiger partial charge on any atom is -0.379 e. The third kappa shape index (κ3) is 3.78. The average Bonchev–Trinajstić information content (AvgIpc) is 3.07. The number of amides is 1. The Morgan fingerprint density at radius 1 is 1.58 bits per heavy atom. The summed E-state index contributed by atoms with van der Waals surface area (Å²) < 4.78 is 5.44. The molecule has 3 unspecified atom stereocenters. The van der Waals surface area contributed by atoms with Gasteiger partial charge >= 0.3 is 0 Å². The van der Waals surface area contributed by atoms with Gasteiger partial charge in [0.25, 0.3) is 0 Å². The van der Waals surface area contributed by atoms with Crippen LogP contribution < -0.4 is 10.6 Å². The SMILES string of the molecule is CCCNC1COCC1C(=O)NC(C)c1ccsc1. The van der Waals surface area contributed by atoms with E-state index in [0.717, 1.165) is 18.5 Å². The highest BCUT2D eigenvalue weighted by Gasteiger charge is 2.34. The number of thiophene rings is 1. The van der Waals surface area contributed by atoms with Crippen molar-refractivity contribution in [3.63, 3.8) is 0 Å². The van der Waals surface area contributed by atoms with Gasteiger partial charge in [0.05, 0.1) is 25.2 Å². The van der Waals surface area contributed by atoms with Crippen molar-refractivity contribution < 1.29 is 9.53 Å². The molecular formula is C14H22N2O2S. The molecule has 0 spiro atoms. The summed E-state index contributed by atoms with van der Waals surface area (Å²) in [5.41, 5.74) is 1.16. The first-order valence-corrected chi connectivity index (χ1v) is 7.80. The highest BCUT2D eigenvalue weighted by atomic mass is 32.1. The van der Waals surface area contributed by atoms with Crippen molar-refractivity contribution in [2.75, 3.05) is 19.8 Å². The first-order chi connectivity index (χ1) is 9.22. The monoisotopic (exact) mass is 282 g/mol. The smallest absolute Gasteiger partial charge is 0.227 e. The number of hydrogen-bond donors (Lipinski definition) is 2. The molecule has 5 heteroatoms. The Bertz CT molecular complexity index is 394. The Kier molecular flexibility index (Phi) is 5.36. The maximum atomic E-state index is 12.3. The van der Waals surface area contributed by atoms with Crippen LogP contribution in [0.1, 0.15) is 31.9 Å². The second kappa shape index (κ2) is 7.03. The zero-order valence-electron chi connectivity index (χ0n) is 11.5. The minimum absolute atomic E-state index is 0.0613. The highest BCUT2D eigenvalue weighted by molar-refractivity contribution is 7.07. The normalized spacial score (nSPS) is 24.3. The molecule has 4 nitrogen and oxygen atoms in total. The van der Waals surface area contributed by atoms with Gasteiger partial charge in [0, 0.05) is 6.04 Å². The van der Waals surface area contributed by atoms with Crippen molar-refractivity contribution in [2.24, 2.45) is 5.92 Å². The molecular weight excluding hydrogens is 260 g/mol. The lowest BCUT2D eigenvalue weighted by molar-refractivity contribution is -0.126. The van der Waals surface area contributed by atoms with E-state index >= 15 is 0 Å². The first kappa shape index (κ1) is 14.5. The van der Waals surface area contributed by atoms with Crippen molar-refractivity contribution in [1.82, 2.24) is 10.6 Å². The average molecular weight is 282 g/mol. The molecule has 106 valence electrons. The summed E-state index contributed by atoms with van der Waals surface area (Å²) in [4.78, 5) is 12.3. The fourth-order valence-electron chi connectivity index (χ4n) is 2.27. The van der Waals surface area contributed by atoms with Crippen LogP contribution in [0.2, 0.25) is 0 Å². The number of nitrogens with one attached hydrogen (secondary N) is 2. The lowest BCUT2D eigenvalue weighted by Crippen LogP contribution is -2.44. The predicted octanol–water partition coefficient (Wildman–Crippen LogP) is 1.94. The van der Waals surface area contributed by atoms with Crippen molar-refractivity contribution in [3.8, 4) is 0 Å². The zero-order valence-corrected chi connectivity index (χ0v) is 12.3. The van der Waals surface area contributed by atoms with Crippen LogP contribution in [0.4, 0.5) is 0 Å². The van der Waals surface area contributed by atoms with E-state index in [2.05, 4.69) is 22.9 Å². The zero-order chi connectivity index (χ0) is 13.7. The fraction of sp³-hybridized carbons (Fsp3) is 0.643. The summed E-state index contributed by atoms with van der Waals surface area (Å²) in [6, 6.07) is 2.26. The van der Waals surface area contributed by atoms with E-state index < -0.39 is 0 Å². The van der Waals surface area contributed by atoms with Gasteiger partial charge in [-0.15, -0.1) is 0 Å². The van der Waals surface area contributed by atoms with Gasteiger partial charge in [0.1, 0.15) is 0 Å². The number of carbonyl (C=O) groups is 1. The van der Waals surface area contributed by atoms with Crippen molar-refractivity contribution in [3.05, 3.63) is 22.4 Å². The van der Waals surface area contributed by atoms with E-state index in [4.69, 9.17) is 4.74 Å². The van der Waals surface area contributed by atoms with E-state index in [9.17, 15) is 4.79 Å². The maximum Gasteiger partial charge on any atom is 0.227 e. The molecule has 2 N–H and O–H groups in total. The van der Waals surface area contributed by atoms with Crippen LogP contribution in [0, 0.1) is 5.92 Å². The molecule has 19 heavy (non-hydrogen) atoms. The summed E-state index contributed by atoms with van der Waals surface area (Å²) >= 11 is 1.65. The Morgan fingerprint density at radius 3 is 3.11 bits per heavy atom. The maximum absolute atomic E-state index is 12.3. The van der Waals surface area contributed by atoms with Gasteiger partial charge in [-0.2, -0.15) is 11.3 Å². The Balaban J connectivity index is 1.88. The summed E-state index contributed by atoms with van der Waals surface area (Å²) in [6.45, 7) is 6.22. The first-order valence-electron chi connectivity index (χ1n) is 6.86. The van der Waals surface area contributed by atoms with E-state index in [1.807, 2.05) is 18.4 Å². The predicted molar refractivity (Wildman–Crippen MR) is 77.3 cm³/mol. The van der Waals surface area contributed by atoms with Crippen molar-refractivity contribution in [1.29, 1.82) is 0 Å². The molecule has 1 aliphatic heterocycles. The second-order valence-electron chi connectivity index (χ2n) is 4.99. The fourth-order valence-corrected chi connectivity index (χ4v) is 3.02. The number of ether oxygens (including phenoxy) is 1. The van der Waals surface area contributed by atoms with Gasteiger partial charge in [-0.25, -0.2) is 0 Å². The van der Waals surface area contributed by atoms with Crippen LogP contribution in [0.3, 0.4) is 0 Å². The minimum atomic E-state index is -0.0763. The molecule has 1 amide bonds. The number of carbonyl (C=O) groups excluding carboxylic acids is 1. The molecule has 0 saturated carbocycles. The molecule has 1 fully saturated rings. The third-order valence-electron chi connectivity index (χ3n) is 3.48. The van der Waals surface area contributed by atoms with E-state index in [1.54, 1.807) is 11.3 Å². The number of rotatable bonds is 6. The lowest BCUT2D eigenvalue weighted by Gasteiger charge is -2.21. The Labute approximate surface area is 118 Å². The molecule has 2 heterocycles. The molecule has 1 aromatic heterocycles. The van der Waals surface area contributed by atoms with Crippen LogP contribution >= 0.6 is 11.3 Å². The Morgan fingerprint density at radius 2 is 2.42 bits per heavy atom. The van der Waals surface area contributed by atoms with Crippen molar-refractivity contribution >= 4 is 17.2 Å². The molecule has 0 aromatic carbocycles. The second-order valence-corrected chi connectivity index (χ2v) is 5.77. The molecule has 0 radical (unpaired) electrons. The summed E-state index contributed by atoms with van der Waals surface area (Å²) in [7, 11) is 0. The van der Waals surface area contributed by atoms with Gasteiger partial charge < -0.3 is 15.4 Å². The molecule has 0 aliphatic carbocycles. The summed E-state index contributed by atoms with van der Waals surface area (Å²) in [6.07, 6.45) is 1.07. The quantitative estimate of drug-likeness (QED) is 0.838. The largest absolute Gasteiger partial charge is 0.379 e. The standard InChI is InChI=1S/C14H22N2O2S/c1-3-5-15-13-8-18-7-12(13)14(17)16-10(2)11-4-6-19-9-11/h4,6,9-10,12-13,15H,3,5,7-8H2,1-2H3,(H,16,17). The molecule has 3 atom stereocenters. The molecule has 1 saturated heterocycles. The van der Waals surface area contributed by atoms with Gasteiger partial charge in [0.2, 0.25) is 5.91 Å². The summed E-state index contributed by atoms with van der Waals surface area (Å²) in [5.74, 6) is 0.0115. The van der Waals surface area contributed by atoms with Gasteiger partial charge in [-0.3, -0.25) is 4.79 Å². The van der Waals surface area contributed by atoms with Gasteiger partial charge in [-0.05, 0) is 42.3 Å². The summed E-state index contributed by atoms with van der Waals surface area (Å²) in [5, 5.41) is 10.6. The number of hydrogen-bond acceptors (Lipinski definition) is 4. The topological polar surface area (TPSA) is 50.4 Å². The van der Waals surface area contributed by atoms with Crippen LogP contribution in [-0.2, 0) is 9.53 Å². The molecule has 1 aromatic rings. The molecule has 2 rings (SSSR count). The van der Waals surface area contributed by atoms with E-state index in [-0.39, 0.29) is 23.9 Å². The van der Waals surface area contributed by atoms with Crippen LogP contribution in [0.25, 0.3) is 0 Å². The van der Waals surface area contributed by atoms with Crippen molar-refractivity contribution in [2.45, 2.75) is 32.4 Å². The Hall–Kier alpha value is -0.910. The van der Waals surface area contributed by atoms with Crippen LogP contribution in [0.5, 0.6) is 0 Å². The lowest BCUT2D eigenvalue weighted by atomic mass is 10.0. The van der Waals surface area contributed by atoms with Crippen LogP contribution in [-0.4, -0.2) is 31.7 Å². The third-order valence-corrected chi connectivity index (χ3v) is 4.18. The molecule has 0 bridgehead atoms. The van der Waals surface area contributed by atoms with E-state index in [1.165, 1.54) is 0 Å². The highest BCUT2D eigenvalue weighted by Crippen LogP contribution is 2.19. The van der Waals surface area contributed by atoms with Crippen LogP contribution in [0.15, 0.2) is 16.8 Å². The van der Waals surface area contributed by atoms with Gasteiger partial charge in [0.15, 0.2) is 0 Å². The van der Waals surface area contributed by atoms with Gasteiger partial charge in [-0.1, -0.05) is 6.92 Å². The van der Waals surface area contributed by atoms with E-state index in [0.29, 0.717) is 13.2 Å². The molecule has 1 aliphatic rings.